The van der Waals surface area contributed by atoms with Crippen LogP contribution in [0.3, 0.4) is 0 Å². The first-order chi connectivity index (χ1) is 16.3. The van der Waals surface area contributed by atoms with Gasteiger partial charge in [-0.2, -0.15) is 10.5 Å². The molecule has 4 nitrogen and oxygen atoms in total. The fourth-order valence-electron chi connectivity index (χ4n) is 4.03. The molecule has 3 aromatic carbocycles. The maximum absolute atomic E-state index is 8.71. The van der Waals surface area contributed by atoms with Gasteiger partial charge in [-0.15, -0.1) is 0 Å². The van der Waals surface area contributed by atoms with Crippen LogP contribution in [0.4, 0.5) is 0 Å². The number of ether oxygens (including phenoxy) is 1. The molecular weight excluding hydrogens is 406 g/mol. The van der Waals surface area contributed by atoms with Crippen LogP contribution in [-0.4, -0.2) is 13.2 Å². The number of hydrogen-bond donors (Lipinski definition) is 1. The molecule has 0 aliphatic carbocycles. The topological polar surface area (TPSA) is 68.8 Å². The molecule has 0 fully saturated rings. The fraction of sp³-hybridized carbons (Fsp3) is 0.241. The van der Waals surface area contributed by atoms with Crippen molar-refractivity contribution in [2.45, 2.75) is 31.2 Å². The highest BCUT2D eigenvalue weighted by atomic mass is 16.5. The smallest absolute Gasteiger partial charge is 0.163 e. The molecule has 3 aromatic rings. The normalized spacial score (nSPS) is 10.6. The van der Waals surface area contributed by atoms with Crippen LogP contribution in [0.5, 0.6) is 0 Å². The molecular formula is C29H29N3O. The molecule has 0 saturated carbocycles. The summed E-state index contributed by atoms with van der Waals surface area (Å²) in [6.07, 6.45) is 5.26. The van der Waals surface area contributed by atoms with Crippen LogP contribution >= 0.6 is 0 Å². The summed E-state index contributed by atoms with van der Waals surface area (Å²) in [5, 5.41) is 21.3. The zero-order valence-corrected chi connectivity index (χ0v) is 18.8. The Kier molecular flexibility index (Phi) is 9.28. The molecule has 0 heterocycles. The Hall–Kier alpha value is -3.86. The maximum atomic E-state index is 8.71. The molecule has 0 radical (unpaired) electrons. The molecule has 0 amide bonds. The van der Waals surface area contributed by atoms with E-state index >= 15 is 0 Å². The van der Waals surface area contributed by atoms with Gasteiger partial charge in [0.05, 0.1) is 12.1 Å². The van der Waals surface area contributed by atoms with Gasteiger partial charge in [0.1, 0.15) is 18.4 Å². The van der Waals surface area contributed by atoms with Gasteiger partial charge in [0.15, 0.2) is 5.57 Å². The highest BCUT2D eigenvalue weighted by molar-refractivity contribution is 5.49. The fourth-order valence-corrected chi connectivity index (χ4v) is 4.03. The molecule has 1 N–H and O–H groups in total. The minimum atomic E-state index is -0.428. The third-order valence-corrected chi connectivity index (χ3v) is 5.64. The van der Waals surface area contributed by atoms with Gasteiger partial charge in [0.25, 0.3) is 0 Å². The molecule has 0 spiro atoms. The number of rotatable bonds is 12. The first-order valence-electron chi connectivity index (χ1n) is 11.3. The van der Waals surface area contributed by atoms with Gasteiger partial charge in [0, 0.05) is 0 Å². The van der Waals surface area contributed by atoms with E-state index in [-0.39, 0.29) is 5.57 Å². The molecule has 0 atom stereocenters. The third-order valence-electron chi connectivity index (χ3n) is 5.64. The van der Waals surface area contributed by atoms with Crippen molar-refractivity contribution in [1.82, 2.24) is 5.32 Å². The lowest BCUT2D eigenvalue weighted by Gasteiger charge is -2.37. The average Bonchev–Trinajstić information content (AvgIpc) is 2.89. The van der Waals surface area contributed by atoms with Crippen molar-refractivity contribution in [3.05, 3.63) is 120 Å². The van der Waals surface area contributed by atoms with Crippen molar-refractivity contribution in [1.29, 1.82) is 10.5 Å². The summed E-state index contributed by atoms with van der Waals surface area (Å²) in [7, 11) is 0. The predicted molar refractivity (Wildman–Crippen MR) is 131 cm³/mol. The number of hydrogen-bond acceptors (Lipinski definition) is 4. The van der Waals surface area contributed by atoms with Crippen LogP contribution in [0.1, 0.15) is 42.4 Å². The van der Waals surface area contributed by atoms with Crippen LogP contribution in [0.2, 0.25) is 0 Å². The summed E-state index contributed by atoms with van der Waals surface area (Å²) < 4.78 is 5.29. The molecule has 3 rings (SSSR count). The van der Waals surface area contributed by atoms with E-state index in [0.29, 0.717) is 6.61 Å². The van der Waals surface area contributed by atoms with E-state index in [4.69, 9.17) is 15.3 Å². The lowest BCUT2D eigenvalue weighted by molar-refractivity contribution is 0.239. The number of benzene rings is 3. The van der Waals surface area contributed by atoms with Gasteiger partial charge in [-0.1, -0.05) is 104 Å². The largest absolute Gasteiger partial charge is 0.499 e. The van der Waals surface area contributed by atoms with Crippen LogP contribution in [0.25, 0.3) is 0 Å². The summed E-state index contributed by atoms with van der Waals surface area (Å²) in [5.41, 5.74) is 3.22. The van der Waals surface area contributed by atoms with Gasteiger partial charge in [-0.3, -0.25) is 5.32 Å². The second-order valence-corrected chi connectivity index (χ2v) is 7.81. The van der Waals surface area contributed by atoms with Crippen molar-refractivity contribution in [2.75, 3.05) is 13.2 Å². The van der Waals surface area contributed by atoms with Crippen LogP contribution in [0.15, 0.2) is 103 Å². The van der Waals surface area contributed by atoms with Gasteiger partial charge in [-0.05, 0) is 36.1 Å². The van der Waals surface area contributed by atoms with Crippen molar-refractivity contribution in [3.63, 3.8) is 0 Å². The van der Waals surface area contributed by atoms with E-state index in [1.807, 2.05) is 0 Å². The number of nitrogens with one attached hydrogen (secondary N) is 1. The molecule has 0 unspecified atom stereocenters. The highest BCUT2D eigenvalue weighted by Gasteiger charge is 2.35. The SMILES string of the molecule is N#CC(C#N)=COCCCCCCNC(c1ccccc1)(c1ccccc1)c1ccccc1. The minimum Gasteiger partial charge on any atom is -0.499 e. The Balaban J connectivity index is 1.67. The molecule has 166 valence electrons. The van der Waals surface area contributed by atoms with E-state index in [9.17, 15) is 0 Å². The summed E-state index contributed by atoms with van der Waals surface area (Å²) in [4.78, 5) is 0. The number of unbranched alkanes of at least 4 members (excludes halogenated alkanes) is 3. The van der Waals surface area contributed by atoms with Crippen LogP contribution in [-0.2, 0) is 10.3 Å². The van der Waals surface area contributed by atoms with Gasteiger partial charge in [0.2, 0.25) is 0 Å². The minimum absolute atomic E-state index is 0.00160. The predicted octanol–water partition coefficient (Wildman–Crippen LogP) is 6.08. The third kappa shape index (κ3) is 6.32. The molecule has 0 aromatic heterocycles. The zero-order valence-electron chi connectivity index (χ0n) is 18.8. The molecule has 0 aliphatic heterocycles. The first-order valence-corrected chi connectivity index (χ1v) is 11.3. The molecule has 0 bridgehead atoms. The lowest BCUT2D eigenvalue weighted by atomic mass is 9.77. The number of nitrogens with zero attached hydrogens (tertiary/aromatic N) is 2. The van der Waals surface area contributed by atoms with E-state index in [1.165, 1.54) is 23.0 Å². The quantitative estimate of drug-likeness (QED) is 0.162. The van der Waals surface area contributed by atoms with Gasteiger partial charge >= 0.3 is 0 Å². The Morgan fingerprint density at radius 3 is 1.61 bits per heavy atom. The Labute approximate surface area is 196 Å². The Bertz CT molecular complexity index is 968. The van der Waals surface area contributed by atoms with Crippen molar-refractivity contribution < 1.29 is 4.74 Å². The van der Waals surface area contributed by atoms with Gasteiger partial charge in [-0.25, -0.2) is 0 Å². The average molecular weight is 436 g/mol. The second-order valence-electron chi connectivity index (χ2n) is 7.81. The number of nitriles is 2. The van der Waals surface area contributed by atoms with Crippen molar-refractivity contribution >= 4 is 0 Å². The summed E-state index contributed by atoms with van der Waals surface area (Å²) >= 11 is 0. The summed E-state index contributed by atoms with van der Waals surface area (Å²) in [5.74, 6) is 0. The van der Waals surface area contributed by atoms with E-state index in [2.05, 4.69) is 96.3 Å². The molecule has 33 heavy (non-hydrogen) atoms. The second kappa shape index (κ2) is 12.9. The van der Waals surface area contributed by atoms with Crippen LogP contribution < -0.4 is 5.32 Å². The summed E-state index contributed by atoms with van der Waals surface area (Å²) in [6, 6.07) is 35.4. The van der Waals surface area contributed by atoms with Crippen LogP contribution in [0, 0.1) is 22.7 Å². The molecule has 4 heteroatoms. The monoisotopic (exact) mass is 435 g/mol. The Morgan fingerprint density at radius 2 is 1.15 bits per heavy atom. The molecule has 0 aliphatic rings. The summed E-state index contributed by atoms with van der Waals surface area (Å²) in [6.45, 7) is 1.38. The lowest BCUT2D eigenvalue weighted by Crippen LogP contribution is -2.45. The first kappa shape index (κ1) is 23.8. The van der Waals surface area contributed by atoms with Crippen molar-refractivity contribution in [3.8, 4) is 12.1 Å². The number of allylic oxidation sites excluding steroid dienone is 1. The van der Waals surface area contributed by atoms with E-state index < -0.39 is 5.54 Å². The van der Waals surface area contributed by atoms with E-state index in [0.717, 1.165) is 32.2 Å². The maximum Gasteiger partial charge on any atom is 0.163 e. The van der Waals surface area contributed by atoms with E-state index in [1.54, 1.807) is 12.1 Å². The molecule has 0 saturated heterocycles. The Morgan fingerprint density at radius 1 is 0.697 bits per heavy atom. The zero-order chi connectivity index (χ0) is 23.2. The standard InChI is InChI=1S/C29H29N3O/c30-22-25(23-31)24-33-21-13-2-1-12-20-32-29(26-14-6-3-7-15-26,27-16-8-4-9-17-27)28-18-10-5-11-19-28/h3-11,14-19,24,32H,1-2,12-13,20-21H2. The van der Waals surface area contributed by atoms with Gasteiger partial charge < -0.3 is 4.74 Å². The highest BCUT2D eigenvalue weighted by Crippen LogP contribution is 2.36. The van der Waals surface area contributed by atoms with Crippen molar-refractivity contribution in [2.24, 2.45) is 0 Å².